The van der Waals surface area contributed by atoms with Crippen molar-refractivity contribution in [1.29, 1.82) is 10.5 Å². The molecule has 1 atom stereocenters. The number of nitrogens with zero attached hydrogens (tertiary/aromatic N) is 2. The topological polar surface area (TPSA) is 73.9 Å². The van der Waals surface area contributed by atoms with Gasteiger partial charge in [-0.05, 0) is 6.42 Å². The lowest BCUT2D eigenvalue weighted by molar-refractivity contribution is -0.146. The smallest absolute Gasteiger partial charge is 0.324 e. The van der Waals surface area contributed by atoms with E-state index in [0.29, 0.717) is 6.61 Å². The molecule has 0 aromatic heterocycles. The molecule has 0 fully saturated rings. The predicted molar refractivity (Wildman–Crippen MR) is 40.6 cm³/mol. The van der Waals surface area contributed by atoms with Crippen molar-refractivity contribution in [3.05, 3.63) is 0 Å². The van der Waals surface area contributed by atoms with E-state index in [2.05, 4.69) is 4.74 Å². The Hall–Kier alpha value is -1.55. The van der Waals surface area contributed by atoms with Crippen LogP contribution in [0, 0.1) is 28.6 Å². The molecule has 0 aromatic rings. The lowest BCUT2D eigenvalue weighted by Gasteiger charge is -2.04. The van der Waals surface area contributed by atoms with Gasteiger partial charge in [0, 0.05) is 0 Å². The van der Waals surface area contributed by atoms with Gasteiger partial charge in [-0.3, -0.25) is 4.79 Å². The summed E-state index contributed by atoms with van der Waals surface area (Å²) >= 11 is 0. The second-order valence-corrected chi connectivity index (χ2v) is 2.21. The Bertz CT molecular complexity index is 224. The number of esters is 1. The van der Waals surface area contributed by atoms with Gasteiger partial charge >= 0.3 is 5.97 Å². The Balaban J connectivity index is 3.90. The van der Waals surface area contributed by atoms with Crippen LogP contribution in [0.3, 0.4) is 0 Å². The minimum Gasteiger partial charge on any atom is -0.465 e. The van der Waals surface area contributed by atoms with Gasteiger partial charge in [0.1, 0.15) is 0 Å². The van der Waals surface area contributed by atoms with Gasteiger partial charge in [0.25, 0.3) is 0 Å². The Morgan fingerprint density at radius 1 is 1.58 bits per heavy atom. The molecule has 0 rings (SSSR count). The summed E-state index contributed by atoms with van der Waals surface area (Å²) < 4.78 is 4.68. The van der Waals surface area contributed by atoms with Crippen molar-refractivity contribution in [3.63, 3.8) is 0 Å². The number of ether oxygens (including phenoxy) is 1. The van der Waals surface area contributed by atoms with E-state index in [1.165, 1.54) is 0 Å². The maximum atomic E-state index is 10.9. The van der Waals surface area contributed by atoms with E-state index >= 15 is 0 Å². The SMILES string of the molecule is CCCOC(=O)C(C#N)CC#N. The number of hydrogen-bond donors (Lipinski definition) is 0. The largest absolute Gasteiger partial charge is 0.465 e. The molecule has 4 heteroatoms. The average Bonchev–Trinajstić information content (AvgIpc) is 2.10. The van der Waals surface area contributed by atoms with Gasteiger partial charge in [-0.2, -0.15) is 10.5 Å². The van der Waals surface area contributed by atoms with Crippen molar-refractivity contribution in [1.82, 2.24) is 0 Å². The van der Waals surface area contributed by atoms with Crippen LogP contribution in [-0.4, -0.2) is 12.6 Å². The first-order valence-corrected chi connectivity index (χ1v) is 3.69. The molecule has 4 nitrogen and oxygen atoms in total. The number of rotatable bonds is 4. The summed E-state index contributed by atoms with van der Waals surface area (Å²) in [5.74, 6) is -1.53. The first-order valence-electron chi connectivity index (χ1n) is 3.69. The molecule has 1 unspecified atom stereocenters. The van der Waals surface area contributed by atoms with E-state index in [4.69, 9.17) is 10.5 Å². The van der Waals surface area contributed by atoms with Crippen molar-refractivity contribution in [2.45, 2.75) is 19.8 Å². The first-order chi connectivity index (χ1) is 5.76. The maximum Gasteiger partial charge on any atom is 0.324 e. The lowest BCUT2D eigenvalue weighted by atomic mass is 10.1. The molecule has 64 valence electrons. The summed E-state index contributed by atoms with van der Waals surface area (Å²) in [4.78, 5) is 10.9. The van der Waals surface area contributed by atoms with Gasteiger partial charge in [0.05, 0.1) is 25.2 Å². The third-order valence-electron chi connectivity index (χ3n) is 1.18. The van der Waals surface area contributed by atoms with Crippen LogP contribution in [0.2, 0.25) is 0 Å². The highest BCUT2D eigenvalue weighted by atomic mass is 16.5. The monoisotopic (exact) mass is 166 g/mol. The second-order valence-electron chi connectivity index (χ2n) is 2.21. The van der Waals surface area contributed by atoms with Crippen LogP contribution in [0.15, 0.2) is 0 Å². The molecule has 0 saturated heterocycles. The molecule has 0 radical (unpaired) electrons. The summed E-state index contributed by atoms with van der Waals surface area (Å²) in [7, 11) is 0. The average molecular weight is 166 g/mol. The molecule has 0 amide bonds. The Morgan fingerprint density at radius 3 is 2.67 bits per heavy atom. The zero-order valence-corrected chi connectivity index (χ0v) is 6.91. The molecule has 0 aliphatic rings. The van der Waals surface area contributed by atoms with Crippen LogP contribution in [0.1, 0.15) is 19.8 Å². The molecule has 0 N–H and O–H groups in total. The third kappa shape index (κ3) is 3.58. The fourth-order valence-corrected chi connectivity index (χ4v) is 0.576. The first kappa shape index (κ1) is 10.4. The number of carbonyl (C=O) groups is 1. The van der Waals surface area contributed by atoms with Crippen molar-refractivity contribution >= 4 is 5.97 Å². The number of hydrogen-bond acceptors (Lipinski definition) is 4. The molecule has 0 saturated carbocycles. The van der Waals surface area contributed by atoms with Crippen LogP contribution < -0.4 is 0 Å². The summed E-state index contributed by atoms with van der Waals surface area (Å²) in [5.41, 5.74) is 0. The zero-order chi connectivity index (χ0) is 9.40. The van der Waals surface area contributed by atoms with Crippen LogP contribution in [0.5, 0.6) is 0 Å². The highest BCUT2D eigenvalue weighted by Gasteiger charge is 2.18. The Kier molecular flexibility index (Phi) is 5.38. The number of nitriles is 2. The van der Waals surface area contributed by atoms with Crippen molar-refractivity contribution in [2.24, 2.45) is 5.92 Å². The molecule has 0 aromatic carbocycles. The van der Waals surface area contributed by atoms with Gasteiger partial charge in [0.2, 0.25) is 0 Å². The van der Waals surface area contributed by atoms with Gasteiger partial charge < -0.3 is 4.74 Å². The minimum absolute atomic E-state index is 0.0982. The van der Waals surface area contributed by atoms with E-state index < -0.39 is 11.9 Å². The highest BCUT2D eigenvalue weighted by molar-refractivity contribution is 5.75. The Labute approximate surface area is 71.4 Å². The Morgan fingerprint density at radius 2 is 2.25 bits per heavy atom. The lowest BCUT2D eigenvalue weighted by Crippen LogP contribution is -2.16. The van der Waals surface area contributed by atoms with Crippen LogP contribution >= 0.6 is 0 Å². The second kappa shape index (κ2) is 6.18. The van der Waals surface area contributed by atoms with Gasteiger partial charge in [-0.25, -0.2) is 0 Å². The fraction of sp³-hybridized carbons (Fsp3) is 0.625. The molecular weight excluding hydrogens is 156 g/mol. The highest BCUT2D eigenvalue weighted by Crippen LogP contribution is 2.03. The van der Waals surface area contributed by atoms with E-state index in [0.717, 1.165) is 6.42 Å². The fourth-order valence-electron chi connectivity index (χ4n) is 0.576. The zero-order valence-electron chi connectivity index (χ0n) is 6.91. The molecule has 12 heavy (non-hydrogen) atoms. The minimum atomic E-state index is -0.929. The van der Waals surface area contributed by atoms with Crippen molar-refractivity contribution in [2.75, 3.05) is 6.61 Å². The van der Waals surface area contributed by atoms with Gasteiger partial charge in [0.15, 0.2) is 5.92 Å². The van der Waals surface area contributed by atoms with E-state index in [-0.39, 0.29) is 6.42 Å². The van der Waals surface area contributed by atoms with Crippen LogP contribution in [0.4, 0.5) is 0 Å². The molecule has 0 heterocycles. The third-order valence-corrected chi connectivity index (χ3v) is 1.18. The maximum absolute atomic E-state index is 10.9. The van der Waals surface area contributed by atoms with Crippen molar-refractivity contribution < 1.29 is 9.53 Å². The van der Waals surface area contributed by atoms with Crippen LogP contribution in [-0.2, 0) is 9.53 Å². The molecule has 0 aliphatic carbocycles. The van der Waals surface area contributed by atoms with Gasteiger partial charge in [-0.1, -0.05) is 6.92 Å². The van der Waals surface area contributed by atoms with Crippen LogP contribution in [0.25, 0.3) is 0 Å². The molecule has 0 spiro atoms. The summed E-state index contributed by atoms with van der Waals surface area (Å²) in [6, 6.07) is 3.47. The van der Waals surface area contributed by atoms with E-state index in [1.807, 2.05) is 6.92 Å². The van der Waals surface area contributed by atoms with E-state index in [9.17, 15) is 4.79 Å². The standard InChI is InChI=1S/C8H10N2O2/c1-2-5-12-8(11)7(6-10)3-4-9/h7H,2-3,5H2,1H3. The molecule has 0 bridgehead atoms. The predicted octanol–water partition coefficient (Wildman–Crippen LogP) is 0.993. The molecule has 0 aliphatic heterocycles. The molecular formula is C8H10N2O2. The normalized spacial score (nSPS) is 10.9. The summed E-state index contributed by atoms with van der Waals surface area (Å²) in [5, 5.41) is 16.7. The van der Waals surface area contributed by atoms with Crippen molar-refractivity contribution in [3.8, 4) is 12.1 Å². The number of carbonyl (C=O) groups excluding carboxylic acids is 1. The quantitative estimate of drug-likeness (QED) is 0.584. The summed E-state index contributed by atoms with van der Waals surface area (Å²) in [6.07, 6.45) is 0.621. The summed E-state index contributed by atoms with van der Waals surface area (Å²) in [6.45, 7) is 2.17. The van der Waals surface area contributed by atoms with E-state index in [1.54, 1.807) is 12.1 Å². The van der Waals surface area contributed by atoms with Gasteiger partial charge in [-0.15, -0.1) is 0 Å².